The Morgan fingerprint density at radius 2 is 1.16 bits per heavy atom. The van der Waals surface area contributed by atoms with E-state index in [1.165, 1.54) is 0 Å². The fourth-order valence-corrected chi connectivity index (χ4v) is 4.78. The van der Waals surface area contributed by atoms with Gasteiger partial charge in [-0.2, -0.15) is 0 Å². The lowest BCUT2D eigenvalue weighted by Gasteiger charge is -2.23. The largest absolute Gasteiger partial charge is 0.496 e. The average molecular weight is 354 g/mol. The van der Waals surface area contributed by atoms with Crippen molar-refractivity contribution in [3.63, 3.8) is 0 Å². The summed E-state index contributed by atoms with van der Waals surface area (Å²) in [5.74, 6) is 1.46. The second-order valence-corrected chi connectivity index (χ2v) is 7.58. The fraction of sp³-hybridized carbons (Fsp3) is 0.100. The van der Waals surface area contributed by atoms with Crippen LogP contribution in [0.1, 0.15) is 0 Å². The highest BCUT2D eigenvalue weighted by Gasteiger charge is 2.34. The van der Waals surface area contributed by atoms with Crippen molar-refractivity contribution in [3.05, 3.63) is 78.9 Å². The summed E-state index contributed by atoms with van der Waals surface area (Å²) < 4.78 is 30.9. The van der Waals surface area contributed by atoms with Crippen molar-refractivity contribution in [2.45, 2.75) is 0 Å². The first-order valence-electron chi connectivity index (χ1n) is 7.81. The number of para-hydroxylation sites is 3. The molecule has 0 saturated carbocycles. The summed E-state index contributed by atoms with van der Waals surface area (Å²) >= 11 is 0. The highest BCUT2D eigenvalue weighted by molar-refractivity contribution is 7.74. The summed E-state index contributed by atoms with van der Waals surface area (Å²) in [7, 11) is -0.338. The Morgan fingerprint density at radius 1 is 0.640 bits per heavy atom. The fourth-order valence-electron chi connectivity index (χ4n) is 2.57. The van der Waals surface area contributed by atoms with Crippen molar-refractivity contribution >= 4 is 18.0 Å². The molecule has 25 heavy (non-hydrogen) atoms. The molecule has 0 unspecified atom stereocenters. The van der Waals surface area contributed by atoms with Crippen LogP contribution in [0.25, 0.3) is 0 Å². The highest BCUT2D eigenvalue weighted by Crippen LogP contribution is 2.49. The summed E-state index contributed by atoms with van der Waals surface area (Å²) in [5, 5.41) is 1.10. The second-order valence-electron chi connectivity index (χ2n) is 5.30. The first-order chi connectivity index (χ1) is 12.2. The molecule has 0 bridgehead atoms. The normalized spacial score (nSPS) is 12.9. The predicted molar refractivity (Wildman–Crippen MR) is 99.9 cm³/mol. The van der Waals surface area contributed by atoms with Crippen LogP contribution in [0.5, 0.6) is 17.2 Å². The molecule has 0 fully saturated rings. The van der Waals surface area contributed by atoms with Gasteiger partial charge in [-0.25, -0.2) is 0 Å². The van der Waals surface area contributed by atoms with Crippen LogP contribution in [0.15, 0.2) is 78.9 Å². The van der Waals surface area contributed by atoms with Crippen molar-refractivity contribution in [2.75, 3.05) is 14.2 Å². The molecule has 0 amide bonds. The van der Waals surface area contributed by atoms with Crippen LogP contribution in [-0.4, -0.2) is 14.2 Å². The van der Waals surface area contributed by atoms with Gasteiger partial charge in [0.2, 0.25) is 0 Å². The molecule has 0 radical (unpaired) electrons. The molecule has 5 heteroatoms. The predicted octanol–water partition coefficient (Wildman–Crippen LogP) is 4.01. The topological polar surface area (TPSA) is 44.8 Å². The minimum atomic E-state index is -3.45. The zero-order chi connectivity index (χ0) is 17.7. The van der Waals surface area contributed by atoms with Gasteiger partial charge >= 0.3 is 7.37 Å². The number of ether oxygens (including phenoxy) is 2. The molecule has 1 atom stereocenters. The maximum atomic E-state index is 14.1. The van der Waals surface area contributed by atoms with Gasteiger partial charge < -0.3 is 14.0 Å². The van der Waals surface area contributed by atoms with E-state index in [1.807, 2.05) is 42.5 Å². The maximum absolute atomic E-state index is 14.1. The molecule has 0 N–H and O–H groups in total. The quantitative estimate of drug-likeness (QED) is 0.628. The molecule has 128 valence electrons. The Morgan fingerprint density at radius 3 is 1.80 bits per heavy atom. The third-order valence-electron chi connectivity index (χ3n) is 3.79. The monoisotopic (exact) mass is 354 g/mol. The molecule has 3 aromatic carbocycles. The molecule has 3 aromatic rings. The lowest BCUT2D eigenvalue weighted by molar-refractivity contribution is 0.392. The van der Waals surface area contributed by atoms with E-state index >= 15 is 0 Å². The maximum Gasteiger partial charge on any atom is 0.310 e. The van der Waals surface area contributed by atoms with Gasteiger partial charge in [-0.15, -0.1) is 0 Å². The van der Waals surface area contributed by atoms with E-state index in [-0.39, 0.29) is 0 Å². The molecular weight excluding hydrogens is 335 g/mol. The molecular formula is C20H19O4P. The van der Waals surface area contributed by atoms with Crippen molar-refractivity contribution in [1.82, 2.24) is 0 Å². The summed E-state index contributed by atoms with van der Waals surface area (Å²) in [5.41, 5.74) is 0. The minimum absolute atomic E-state index is 0.420. The van der Waals surface area contributed by atoms with Gasteiger partial charge in [0.1, 0.15) is 5.75 Å². The zero-order valence-corrected chi connectivity index (χ0v) is 15.0. The van der Waals surface area contributed by atoms with Crippen LogP contribution in [-0.2, 0) is 4.57 Å². The Hall–Kier alpha value is -2.71. The molecule has 0 aromatic heterocycles. The van der Waals surface area contributed by atoms with Crippen LogP contribution in [0, 0.1) is 0 Å². The summed E-state index contributed by atoms with van der Waals surface area (Å²) in [4.78, 5) is 0. The molecule has 0 spiro atoms. The Balaban J connectivity index is 2.18. The van der Waals surface area contributed by atoms with E-state index in [0.717, 1.165) is 0 Å². The number of methoxy groups -OCH3 is 2. The first-order valence-corrected chi connectivity index (χ1v) is 9.43. The second kappa shape index (κ2) is 7.45. The van der Waals surface area contributed by atoms with Gasteiger partial charge in [0.25, 0.3) is 0 Å². The number of hydrogen-bond acceptors (Lipinski definition) is 4. The Kier molecular flexibility index (Phi) is 5.11. The number of rotatable bonds is 6. The average Bonchev–Trinajstić information content (AvgIpc) is 2.69. The van der Waals surface area contributed by atoms with Gasteiger partial charge in [-0.05, 0) is 36.4 Å². The van der Waals surface area contributed by atoms with E-state index < -0.39 is 7.37 Å². The standard InChI is InChI=1S/C20H19O4P/c1-22-17-12-6-7-13-18(17)24-25(21,16-10-4-3-5-11-16)20-15-9-8-14-19(20)23-2/h3-15H,1-2H3/t25-/m1/s1. The van der Waals surface area contributed by atoms with E-state index in [1.54, 1.807) is 50.6 Å². The van der Waals surface area contributed by atoms with Crippen molar-refractivity contribution in [3.8, 4) is 17.2 Å². The van der Waals surface area contributed by atoms with Crippen molar-refractivity contribution in [2.24, 2.45) is 0 Å². The van der Waals surface area contributed by atoms with E-state index in [2.05, 4.69) is 0 Å². The van der Waals surface area contributed by atoms with Gasteiger partial charge in [0.05, 0.1) is 24.8 Å². The number of hydrogen-bond donors (Lipinski definition) is 0. The van der Waals surface area contributed by atoms with Crippen LogP contribution < -0.4 is 24.6 Å². The molecule has 0 saturated heterocycles. The van der Waals surface area contributed by atoms with E-state index in [0.29, 0.717) is 27.9 Å². The third kappa shape index (κ3) is 3.40. The van der Waals surface area contributed by atoms with Crippen molar-refractivity contribution < 1.29 is 18.6 Å². The minimum Gasteiger partial charge on any atom is -0.496 e. The summed E-state index contributed by atoms with van der Waals surface area (Å²) in [6.45, 7) is 0. The smallest absolute Gasteiger partial charge is 0.310 e. The lowest BCUT2D eigenvalue weighted by Crippen LogP contribution is -2.21. The van der Waals surface area contributed by atoms with Gasteiger partial charge in [0.15, 0.2) is 11.5 Å². The van der Waals surface area contributed by atoms with Crippen LogP contribution in [0.3, 0.4) is 0 Å². The zero-order valence-electron chi connectivity index (χ0n) is 14.1. The lowest BCUT2D eigenvalue weighted by atomic mass is 10.3. The summed E-state index contributed by atoms with van der Waals surface area (Å²) in [6, 6.07) is 23.5. The molecule has 4 nitrogen and oxygen atoms in total. The van der Waals surface area contributed by atoms with Crippen LogP contribution in [0.4, 0.5) is 0 Å². The third-order valence-corrected chi connectivity index (χ3v) is 6.23. The molecule has 0 heterocycles. The Labute approximate surface area is 147 Å². The molecule has 0 aliphatic carbocycles. The molecule has 0 aliphatic rings. The van der Waals surface area contributed by atoms with Crippen LogP contribution in [0.2, 0.25) is 0 Å². The van der Waals surface area contributed by atoms with Gasteiger partial charge in [-0.1, -0.05) is 42.5 Å². The number of benzene rings is 3. The molecule has 3 rings (SSSR count). The first kappa shape index (κ1) is 17.1. The van der Waals surface area contributed by atoms with E-state index in [9.17, 15) is 4.57 Å². The molecule has 0 aliphatic heterocycles. The van der Waals surface area contributed by atoms with Crippen LogP contribution >= 0.6 is 7.37 Å². The van der Waals surface area contributed by atoms with Gasteiger partial charge in [-0.3, -0.25) is 4.57 Å². The Bertz CT molecular complexity index is 893. The summed E-state index contributed by atoms with van der Waals surface area (Å²) in [6.07, 6.45) is 0. The van der Waals surface area contributed by atoms with E-state index in [4.69, 9.17) is 14.0 Å². The SMILES string of the molecule is COc1ccccc1O[P@](=O)(c1ccccc1)c1ccccc1OC. The van der Waals surface area contributed by atoms with Gasteiger partial charge in [0, 0.05) is 0 Å². The highest BCUT2D eigenvalue weighted by atomic mass is 31.2. The van der Waals surface area contributed by atoms with Crippen molar-refractivity contribution in [1.29, 1.82) is 0 Å².